The van der Waals surface area contributed by atoms with Gasteiger partial charge in [-0.05, 0) is 43.9 Å². The second kappa shape index (κ2) is 5.67. The average Bonchev–Trinajstić information content (AvgIpc) is 3.00. The quantitative estimate of drug-likeness (QED) is 0.859. The Morgan fingerprint density at radius 2 is 2.00 bits per heavy atom. The van der Waals surface area contributed by atoms with Crippen molar-refractivity contribution in [3.05, 3.63) is 0 Å². The van der Waals surface area contributed by atoms with Gasteiger partial charge in [-0.1, -0.05) is 39.5 Å². The normalized spacial score (nSPS) is 37.0. The maximum atomic E-state index is 12.9. The molecule has 3 aliphatic rings. The molecule has 1 aliphatic heterocycles. The Kier molecular flexibility index (Phi) is 4.07. The molecule has 1 N–H and O–H groups in total. The molecular formula is C17H30N2O. The lowest BCUT2D eigenvalue weighted by Gasteiger charge is -2.32. The first-order chi connectivity index (χ1) is 9.64. The molecule has 1 heterocycles. The van der Waals surface area contributed by atoms with Gasteiger partial charge in [0, 0.05) is 6.54 Å². The Hall–Kier alpha value is -0.570. The molecule has 114 valence electrons. The Morgan fingerprint density at radius 3 is 2.65 bits per heavy atom. The van der Waals surface area contributed by atoms with Gasteiger partial charge in [-0.15, -0.1) is 0 Å². The van der Waals surface area contributed by atoms with Crippen LogP contribution in [0.4, 0.5) is 0 Å². The number of nitrogens with zero attached hydrogens (tertiary/aromatic N) is 1. The van der Waals surface area contributed by atoms with Crippen LogP contribution in [0.2, 0.25) is 0 Å². The van der Waals surface area contributed by atoms with Crippen LogP contribution in [0.15, 0.2) is 0 Å². The summed E-state index contributed by atoms with van der Waals surface area (Å²) in [5.74, 6) is 2.00. The molecule has 0 aromatic carbocycles. The van der Waals surface area contributed by atoms with E-state index in [1.54, 1.807) is 0 Å². The lowest BCUT2D eigenvalue weighted by atomic mass is 9.82. The molecule has 1 spiro atoms. The van der Waals surface area contributed by atoms with Crippen molar-refractivity contribution in [1.82, 2.24) is 10.2 Å². The van der Waals surface area contributed by atoms with Gasteiger partial charge in [-0.3, -0.25) is 10.1 Å². The summed E-state index contributed by atoms with van der Waals surface area (Å²) >= 11 is 0. The highest BCUT2D eigenvalue weighted by Gasteiger charge is 2.51. The molecule has 1 saturated heterocycles. The van der Waals surface area contributed by atoms with Gasteiger partial charge in [0.05, 0.1) is 11.7 Å². The van der Waals surface area contributed by atoms with Crippen LogP contribution in [0, 0.1) is 11.8 Å². The Labute approximate surface area is 123 Å². The molecule has 3 nitrogen and oxygen atoms in total. The highest BCUT2D eigenvalue weighted by Crippen LogP contribution is 2.38. The van der Waals surface area contributed by atoms with Gasteiger partial charge in [0.2, 0.25) is 5.91 Å². The van der Waals surface area contributed by atoms with Gasteiger partial charge >= 0.3 is 0 Å². The van der Waals surface area contributed by atoms with Crippen molar-refractivity contribution in [2.45, 2.75) is 83.3 Å². The number of hydrogen-bond donors (Lipinski definition) is 1. The number of amides is 1. The summed E-state index contributed by atoms with van der Waals surface area (Å²) in [6, 6.07) is 0. The van der Waals surface area contributed by atoms with Crippen molar-refractivity contribution in [2.75, 3.05) is 6.54 Å². The minimum absolute atomic E-state index is 0.180. The molecule has 20 heavy (non-hydrogen) atoms. The van der Waals surface area contributed by atoms with Crippen molar-refractivity contribution in [2.24, 2.45) is 11.8 Å². The van der Waals surface area contributed by atoms with Gasteiger partial charge in [0.1, 0.15) is 0 Å². The van der Waals surface area contributed by atoms with Crippen LogP contribution in [-0.2, 0) is 4.79 Å². The van der Waals surface area contributed by atoms with Crippen molar-refractivity contribution in [3.8, 4) is 0 Å². The maximum absolute atomic E-state index is 12.9. The lowest BCUT2D eigenvalue weighted by molar-refractivity contribution is -0.134. The minimum atomic E-state index is -0.180. The van der Waals surface area contributed by atoms with Crippen LogP contribution in [0.1, 0.15) is 71.6 Å². The van der Waals surface area contributed by atoms with Crippen molar-refractivity contribution in [3.63, 3.8) is 0 Å². The summed E-state index contributed by atoms with van der Waals surface area (Å²) in [6.45, 7) is 5.57. The van der Waals surface area contributed by atoms with E-state index in [2.05, 4.69) is 24.1 Å². The van der Waals surface area contributed by atoms with Crippen LogP contribution in [0.25, 0.3) is 0 Å². The van der Waals surface area contributed by atoms with E-state index >= 15 is 0 Å². The van der Waals surface area contributed by atoms with E-state index < -0.39 is 0 Å². The zero-order valence-corrected chi connectivity index (χ0v) is 13.2. The topological polar surface area (TPSA) is 32.3 Å². The molecule has 3 fully saturated rings. The Balaban J connectivity index is 1.69. The van der Waals surface area contributed by atoms with Crippen LogP contribution < -0.4 is 5.32 Å². The van der Waals surface area contributed by atoms with E-state index in [1.165, 1.54) is 38.5 Å². The predicted octanol–water partition coefficient (Wildman–Crippen LogP) is 3.29. The third-order valence-electron chi connectivity index (χ3n) is 5.83. The SMILES string of the molecule is CCC1NC2(CCCC2)C(=O)N1CC1CCCC(C)C1. The van der Waals surface area contributed by atoms with E-state index in [1.807, 2.05) is 0 Å². The minimum Gasteiger partial charge on any atom is -0.325 e. The first-order valence-corrected chi connectivity index (χ1v) is 8.73. The second-order valence-electron chi connectivity index (χ2n) is 7.45. The molecule has 2 aliphatic carbocycles. The van der Waals surface area contributed by atoms with E-state index in [-0.39, 0.29) is 11.7 Å². The van der Waals surface area contributed by atoms with Crippen molar-refractivity contribution in [1.29, 1.82) is 0 Å². The summed E-state index contributed by atoms with van der Waals surface area (Å²) in [7, 11) is 0. The number of nitrogens with one attached hydrogen (secondary N) is 1. The van der Waals surface area contributed by atoms with Gasteiger partial charge in [-0.2, -0.15) is 0 Å². The second-order valence-corrected chi connectivity index (χ2v) is 7.45. The molecule has 2 saturated carbocycles. The zero-order chi connectivity index (χ0) is 14.2. The van der Waals surface area contributed by atoms with Crippen molar-refractivity contribution < 1.29 is 4.79 Å². The fourth-order valence-electron chi connectivity index (χ4n) is 4.75. The molecule has 3 unspecified atom stereocenters. The number of rotatable bonds is 3. The number of carbonyl (C=O) groups is 1. The average molecular weight is 278 g/mol. The molecule has 3 atom stereocenters. The zero-order valence-electron chi connectivity index (χ0n) is 13.2. The number of carbonyl (C=O) groups excluding carboxylic acids is 1. The summed E-state index contributed by atoms with van der Waals surface area (Å²) < 4.78 is 0. The maximum Gasteiger partial charge on any atom is 0.244 e. The van der Waals surface area contributed by atoms with Crippen LogP contribution >= 0.6 is 0 Å². The third-order valence-corrected chi connectivity index (χ3v) is 5.83. The summed E-state index contributed by atoms with van der Waals surface area (Å²) in [6.07, 6.45) is 11.2. The lowest BCUT2D eigenvalue weighted by Crippen LogP contribution is -2.44. The fraction of sp³-hybridized carbons (Fsp3) is 0.941. The molecule has 1 amide bonds. The number of hydrogen-bond acceptors (Lipinski definition) is 2. The van der Waals surface area contributed by atoms with Crippen LogP contribution in [-0.4, -0.2) is 29.1 Å². The van der Waals surface area contributed by atoms with E-state index in [0.717, 1.165) is 37.6 Å². The fourth-order valence-corrected chi connectivity index (χ4v) is 4.75. The van der Waals surface area contributed by atoms with E-state index in [0.29, 0.717) is 5.91 Å². The standard InChI is InChI=1S/C17H30N2O/c1-3-15-18-17(9-4-5-10-17)16(20)19(15)12-14-8-6-7-13(2)11-14/h13-15,18H,3-12H2,1-2H3. The summed E-state index contributed by atoms with van der Waals surface area (Å²) in [5.41, 5.74) is -0.180. The Morgan fingerprint density at radius 1 is 1.25 bits per heavy atom. The first kappa shape index (κ1) is 14.4. The first-order valence-electron chi connectivity index (χ1n) is 8.73. The molecule has 0 radical (unpaired) electrons. The molecular weight excluding hydrogens is 248 g/mol. The van der Waals surface area contributed by atoms with Gasteiger partial charge in [0.15, 0.2) is 0 Å². The highest BCUT2D eigenvalue weighted by atomic mass is 16.2. The predicted molar refractivity (Wildman–Crippen MR) is 81.2 cm³/mol. The van der Waals surface area contributed by atoms with Gasteiger partial charge in [0.25, 0.3) is 0 Å². The largest absolute Gasteiger partial charge is 0.325 e. The molecule has 3 heteroatoms. The summed E-state index contributed by atoms with van der Waals surface area (Å²) in [5, 5.41) is 3.69. The van der Waals surface area contributed by atoms with E-state index in [9.17, 15) is 4.79 Å². The molecule has 0 aromatic rings. The van der Waals surface area contributed by atoms with E-state index in [4.69, 9.17) is 0 Å². The third kappa shape index (κ3) is 2.49. The highest BCUT2D eigenvalue weighted by molar-refractivity contribution is 5.89. The van der Waals surface area contributed by atoms with Crippen LogP contribution in [0.3, 0.4) is 0 Å². The molecule has 3 rings (SSSR count). The monoisotopic (exact) mass is 278 g/mol. The molecule has 0 bridgehead atoms. The summed E-state index contributed by atoms with van der Waals surface area (Å²) in [4.78, 5) is 15.1. The van der Waals surface area contributed by atoms with Gasteiger partial charge in [-0.25, -0.2) is 0 Å². The van der Waals surface area contributed by atoms with Gasteiger partial charge < -0.3 is 4.90 Å². The molecule has 0 aromatic heterocycles. The smallest absolute Gasteiger partial charge is 0.244 e. The van der Waals surface area contributed by atoms with Crippen LogP contribution in [0.5, 0.6) is 0 Å². The van der Waals surface area contributed by atoms with Crippen molar-refractivity contribution >= 4 is 5.91 Å². The Bertz CT molecular complexity index is 362.